The highest BCUT2D eigenvalue weighted by Gasteiger charge is 2.29. The van der Waals surface area contributed by atoms with Gasteiger partial charge in [0.2, 0.25) is 0 Å². The summed E-state index contributed by atoms with van der Waals surface area (Å²) in [6.07, 6.45) is 1.20. The van der Waals surface area contributed by atoms with Gasteiger partial charge in [-0.05, 0) is 71.8 Å². The van der Waals surface area contributed by atoms with Gasteiger partial charge in [0.1, 0.15) is 22.5 Å². The van der Waals surface area contributed by atoms with Crippen LogP contribution in [-0.2, 0) is 22.7 Å². The third-order valence-corrected chi connectivity index (χ3v) is 8.57. The maximum Gasteiger partial charge on any atom is 0.412 e. The lowest BCUT2D eigenvalue weighted by molar-refractivity contribution is 0.0636. The number of rotatable bonds is 3. The molecule has 2 aromatic carbocycles. The number of pyridine rings is 1. The second-order valence-electron chi connectivity index (χ2n) is 9.35. The summed E-state index contributed by atoms with van der Waals surface area (Å²) in [7, 11) is 0. The fourth-order valence-electron chi connectivity index (χ4n) is 4.42. The van der Waals surface area contributed by atoms with Crippen LogP contribution in [0.25, 0.3) is 32.1 Å². The van der Waals surface area contributed by atoms with Crippen molar-refractivity contribution in [1.29, 1.82) is 5.26 Å². The van der Waals surface area contributed by atoms with E-state index in [-0.39, 0.29) is 15.3 Å². The van der Waals surface area contributed by atoms with Crippen LogP contribution >= 0.6 is 50.6 Å². The Morgan fingerprint density at radius 3 is 2.73 bits per heavy atom. The highest BCUT2D eigenvalue weighted by molar-refractivity contribution is 9.10. The summed E-state index contributed by atoms with van der Waals surface area (Å²) < 4.78 is 27.3. The maximum atomic E-state index is 15.1. The average Bonchev–Trinajstić information content (AvgIpc) is 3.44. The van der Waals surface area contributed by atoms with Gasteiger partial charge in [0, 0.05) is 20.8 Å². The molecule has 5 rings (SSSR count). The van der Waals surface area contributed by atoms with E-state index in [0.717, 1.165) is 37.3 Å². The third kappa shape index (κ3) is 4.57. The number of fused-ring (bicyclic) bond motifs is 4. The number of nitriles is 1. The maximum absolute atomic E-state index is 15.1. The van der Waals surface area contributed by atoms with Gasteiger partial charge in [0.25, 0.3) is 0 Å². The van der Waals surface area contributed by atoms with Crippen molar-refractivity contribution < 1.29 is 18.7 Å². The van der Waals surface area contributed by atoms with Gasteiger partial charge in [-0.25, -0.2) is 14.2 Å². The van der Waals surface area contributed by atoms with E-state index in [1.807, 2.05) is 12.3 Å². The van der Waals surface area contributed by atoms with Crippen LogP contribution in [0.5, 0.6) is 0 Å². The fraction of sp³-hybridized carbons (Fsp3) is 0.269. The van der Waals surface area contributed by atoms with E-state index in [1.165, 1.54) is 17.8 Å². The molecule has 0 atom stereocenters. The van der Waals surface area contributed by atoms with Crippen LogP contribution in [0.15, 0.2) is 27.7 Å². The van der Waals surface area contributed by atoms with E-state index in [0.29, 0.717) is 40.3 Å². The van der Waals surface area contributed by atoms with Gasteiger partial charge in [-0.15, -0.1) is 23.1 Å². The first-order valence-corrected chi connectivity index (χ1v) is 14.4. The van der Waals surface area contributed by atoms with Crippen molar-refractivity contribution >= 4 is 82.7 Å². The molecule has 4 aromatic rings. The highest BCUT2D eigenvalue weighted by Crippen LogP contribution is 2.49. The molecule has 3 heterocycles. The number of amides is 1. The Kier molecular flexibility index (Phi) is 6.88. The van der Waals surface area contributed by atoms with E-state index in [4.69, 9.17) is 26.1 Å². The lowest BCUT2D eigenvalue weighted by Crippen LogP contribution is -2.27. The number of aromatic nitrogens is 1. The van der Waals surface area contributed by atoms with Crippen LogP contribution < -0.4 is 5.32 Å². The summed E-state index contributed by atoms with van der Waals surface area (Å²) >= 11 is 13.2. The quantitative estimate of drug-likeness (QED) is 0.231. The van der Waals surface area contributed by atoms with Crippen molar-refractivity contribution in [1.82, 2.24) is 4.98 Å². The van der Waals surface area contributed by atoms with Crippen molar-refractivity contribution in [2.24, 2.45) is 0 Å². The number of thiophene rings is 1. The first kappa shape index (κ1) is 26.2. The van der Waals surface area contributed by atoms with Gasteiger partial charge >= 0.3 is 6.09 Å². The fourth-order valence-corrected chi connectivity index (χ4v) is 7.06. The Hall–Kier alpha value is -2.42. The van der Waals surface area contributed by atoms with Gasteiger partial charge in [0.15, 0.2) is 0 Å². The smallest absolute Gasteiger partial charge is 0.412 e. The minimum absolute atomic E-state index is 0.135. The molecule has 37 heavy (non-hydrogen) atoms. The highest BCUT2D eigenvalue weighted by atomic mass is 79.9. The lowest BCUT2D eigenvalue weighted by atomic mass is 9.91. The number of ether oxygens (including phenoxy) is 2. The number of thioether (sulfide) groups is 1. The average molecular weight is 621 g/mol. The van der Waals surface area contributed by atoms with Gasteiger partial charge in [-0.1, -0.05) is 17.7 Å². The molecule has 0 saturated carbocycles. The predicted molar refractivity (Wildman–Crippen MR) is 150 cm³/mol. The number of benzene rings is 2. The molecule has 1 aliphatic heterocycles. The number of carbonyl (C=O) groups is 1. The van der Waals surface area contributed by atoms with E-state index < -0.39 is 17.5 Å². The molecule has 0 fully saturated rings. The molecular weight excluding hydrogens is 601 g/mol. The van der Waals surface area contributed by atoms with Crippen LogP contribution in [0.3, 0.4) is 0 Å². The zero-order chi connectivity index (χ0) is 26.6. The number of nitrogens with one attached hydrogen (secondary N) is 1. The van der Waals surface area contributed by atoms with Crippen molar-refractivity contribution in [3.8, 4) is 17.2 Å². The predicted octanol–water partition coefficient (Wildman–Crippen LogP) is 8.64. The van der Waals surface area contributed by atoms with Crippen LogP contribution in [-0.4, -0.2) is 22.9 Å². The van der Waals surface area contributed by atoms with Crippen molar-refractivity contribution in [2.75, 3.05) is 11.6 Å². The standard InChI is InChI=1S/C26H20BrClFN3O3S2/c1-26(2,3)35-25(33)32-24-12(8-30)19-11(5-6-16(29)23(19)37-24)18-13-9-34-10-14(13)20-15(27)7-17(36-4)31-22(20)21(18)28/h5-7H,9-10H2,1-4H3,(H,32,33). The minimum Gasteiger partial charge on any atom is -0.444 e. The Morgan fingerprint density at radius 2 is 2.05 bits per heavy atom. The molecule has 0 spiro atoms. The minimum atomic E-state index is -0.736. The Labute approximate surface area is 234 Å². The van der Waals surface area contributed by atoms with Gasteiger partial charge in [-0.3, -0.25) is 5.32 Å². The molecular formula is C26H20BrClFN3O3S2. The second-order valence-corrected chi connectivity index (χ2v) is 12.4. The number of carbonyl (C=O) groups excluding carboxylic acids is 1. The largest absolute Gasteiger partial charge is 0.444 e. The molecule has 2 aromatic heterocycles. The van der Waals surface area contributed by atoms with Gasteiger partial charge in [0.05, 0.1) is 39.0 Å². The van der Waals surface area contributed by atoms with Crippen LogP contribution in [0.2, 0.25) is 5.02 Å². The molecule has 1 N–H and O–H groups in total. The number of hydrogen-bond acceptors (Lipinski definition) is 7. The molecule has 0 saturated heterocycles. The molecule has 0 aliphatic carbocycles. The summed E-state index contributed by atoms with van der Waals surface area (Å²) in [5.41, 5.74) is 3.01. The number of hydrogen-bond donors (Lipinski definition) is 1. The molecule has 0 radical (unpaired) electrons. The third-order valence-electron chi connectivity index (χ3n) is 5.83. The van der Waals surface area contributed by atoms with Crippen LogP contribution in [0, 0.1) is 17.1 Å². The zero-order valence-electron chi connectivity index (χ0n) is 20.2. The number of nitrogens with zero attached hydrogens (tertiary/aromatic N) is 2. The summed E-state index contributed by atoms with van der Waals surface area (Å²) in [6.45, 7) is 5.89. The first-order valence-electron chi connectivity index (χ1n) is 11.1. The Balaban J connectivity index is 1.80. The Bertz CT molecular complexity index is 1660. The SMILES string of the molecule is CSc1cc(Br)c2c3c(c(-c4ccc(F)c5sc(NC(=O)OC(C)(C)C)c(C#N)c45)c(Cl)c2n1)COC3. The topological polar surface area (TPSA) is 84.2 Å². The summed E-state index contributed by atoms with van der Waals surface area (Å²) in [5, 5.41) is 15.4. The van der Waals surface area contributed by atoms with E-state index in [2.05, 4.69) is 27.3 Å². The monoisotopic (exact) mass is 619 g/mol. The molecule has 1 amide bonds. The Morgan fingerprint density at radius 1 is 1.32 bits per heavy atom. The van der Waals surface area contributed by atoms with Crippen LogP contribution in [0.4, 0.5) is 14.2 Å². The first-order chi connectivity index (χ1) is 17.5. The second kappa shape index (κ2) is 9.71. The van der Waals surface area contributed by atoms with Crippen LogP contribution in [0.1, 0.15) is 37.5 Å². The summed E-state index contributed by atoms with van der Waals surface area (Å²) in [4.78, 5) is 17.2. The molecule has 190 valence electrons. The summed E-state index contributed by atoms with van der Waals surface area (Å²) in [5.74, 6) is -0.507. The van der Waals surface area contributed by atoms with Crippen molar-refractivity contribution in [3.63, 3.8) is 0 Å². The van der Waals surface area contributed by atoms with Gasteiger partial charge in [-0.2, -0.15) is 5.26 Å². The molecule has 11 heteroatoms. The van der Waals surface area contributed by atoms with E-state index >= 15 is 4.39 Å². The molecule has 6 nitrogen and oxygen atoms in total. The number of anilines is 1. The molecule has 0 unspecified atom stereocenters. The van der Waals surface area contributed by atoms with Gasteiger partial charge < -0.3 is 9.47 Å². The summed E-state index contributed by atoms with van der Waals surface area (Å²) in [6, 6.07) is 7.05. The lowest BCUT2D eigenvalue weighted by Gasteiger charge is -2.19. The number of halogens is 3. The van der Waals surface area contributed by atoms with E-state index in [9.17, 15) is 10.1 Å². The normalized spacial score (nSPS) is 13.1. The zero-order valence-corrected chi connectivity index (χ0v) is 24.2. The van der Waals surface area contributed by atoms with Crippen molar-refractivity contribution in [2.45, 2.75) is 44.6 Å². The molecule has 0 bridgehead atoms. The van der Waals surface area contributed by atoms with E-state index in [1.54, 1.807) is 26.8 Å². The van der Waals surface area contributed by atoms with Crippen molar-refractivity contribution in [3.05, 3.63) is 50.2 Å². The molecule has 1 aliphatic rings.